The minimum Gasteiger partial charge on any atom is -0.493 e. The molecule has 2 N–H and O–H groups in total. The molecule has 116 valence electrons. The molecule has 0 spiro atoms. The van der Waals surface area contributed by atoms with Gasteiger partial charge in [-0.3, -0.25) is 4.79 Å². The van der Waals surface area contributed by atoms with Gasteiger partial charge in [-0.1, -0.05) is 6.07 Å². The van der Waals surface area contributed by atoms with Crippen LogP contribution in [-0.2, 0) is 14.3 Å². The Hall–Kier alpha value is -2.08. The van der Waals surface area contributed by atoms with Crippen molar-refractivity contribution in [2.75, 3.05) is 20.3 Å². The molecule has 1 amide bonds. The van der Waals surface area contributed by atoms with Gasteiger partial charge in [-0.15, -0.1) is 0 Å². The number of rotatable bonds is 8. The zero-order valence-corrected chi connectivity index (χ0v) is 12.5. The second-order valence-corrected chi connectivity index (χ2v) is 4.84. The standard InChI is InChI=1S/C15H21NO5/c1-10-6-11(2)8-12(7-10)21-5-4-14(17)16-13(9-20-3)15(18)19/h6-8,13H,4-5,9H2,1-3H3,(H,16,17)(H,18,19). The van der Waals surface area contributed by atoms with Crippen molar-refractivity contribution in [3.63, 3.8) is 0 Å². The summed E-state index contributed by atoms with van der Waals surface area (Å²) in [5, 5.41) is 11.3. The number of carbonyl (C=O) groups is 2. The van der Waals surface area contributed by atoms with E-state index in [9.17, 15) is 9.59 Å². The number of aryl methyl sites for hydroxylation is 2. The summed E-state index contributed by atoms with van der Waals surface area (Å²) in [6, 6.07) is 4.76. The smallest absolute Gasteiger partial charge is 0.328 e. The number of benzene rings is 1. The molecule has 1 unspecified atom stereocenters. The number of amides is 1. The van der Waals surface area contributed by atoms with E-state index in [2.05, 4.69) is 5.32 Å². The second-order valence-electron chi connectivity index (χ2n) is 4.84. The summed E-state index contributed by atoms with van der Waals surface area (Å²) in [6.07, 6.45) is 0.0838. The summed E-state index contributed by atoms with van der Waals surface area (Å²) in [4.78, 5) is 22.5. The Labute approximate surface area is 124 Å². The van der Waals surface area contributed by atoms with Crippen LogP contribution in [0.15, 0.2) is 18.2 Å². The Kier molecular flexibility index (Phi) is 6.68. The van der Waals surface area contributed by atoms with Gasteiger partial charge >= 0.3 is 5.97 Å². The number of ether oxygens (including phenoxy) is 2. The molecule has 6 heteroatoms. The molecule has 0 aliphatic carbocycles. The maximum atomic E-state index is 11.6. The number of aliphatic carboxylic acids is 1. The van der Waals surface area contributed by atoms with E-state index >= 15 is 0 Å². The van der Waals surface area contributed by atoms with Crippen molar-refractivity contribution in [1.29, 1.82) is 0 Å². The molecule has 0 radical (unpaired) electrons. The van der Waals surface area contributed by atoms with Crippen LogP contribution in [0.3, 0.4) is 0 Å². The molecule has 0 aromatic heterocycles. The van der Waals surface area contributed by atoms with Crippen molar-refractivity contribution >= 4 is 11.9 Å². The van der Waals surface area contributed by atoms with Crippen molar-refractivity contribution in [3.8, 4) is 5.75 Å². The zero-order chi connectivity index (χ0) is 15.8. The van der Waals surface area contributed by atoms with Crippen LogP contribution in [0.4, 0.5) is 0 Å². The highest BCUT2D eigenvalue weighted by molar-refractivity contribution is 5.83. The van der Waals surface area contributed by atoms with Crippen LogP contribution >= 0.6 is 0 Å². The zero-order valence-electron chi connectivity index (χ0n) is 12.5. The average molecular weight is 295 g/mol. The molecule has 1 rings (SSSR count). The van der Waals surface area contributed by atoms with E-state index in [1.807, 2.05) is 32.0 Å². The maximum Gasteiger partial charge on any atom is 0.328 e. The molecule has 0 saturated heterocycles. The quantitative estimate of drug-likeness (QED) is 0.755. The monoisotopic (exact) mass is 295 g/mol. The Morgan fingerprint density at radius 1 is 1.24 bits per heavy atom. The number of hydrogen-bond donors (Lipinski definition) is 2. The lowest BCUT2D eigenvalue weighted by molar-refractivity contribution is -0.143. The van der Waals surface area contributed by atoms with Gasteiger partial charge < -0.3 is 19.9 Å². The van der Waals surface area contributed by atoms with Crippen LogP contribution in [0.5, 0.6) is 5.75 Å². The topological polar surface area (TPSA) is 84.9 Å². The van der Waals surface area contributed by atoms with Gasteiger partial charge in [0.25, 0.3) is 0 Å². The fourth-order valence-corrected chi connectivity index (χ4v) is 1.89. The Morgan fingerprint density at radius 3 is 2.38 bits per heavy atom. The third-order valence-electron chi connectivity index (χ3n) is 2.76. The summed E-state index contributed by atoms with van der Waals surface area (Å²) in [6.45, 7) is 4.05. The van der Waals surface area contributed by atoms with Gasteiger partial charge in [0, 0.05) is 7.11 Å². The van der Waals surface area contributed by atoms with Gasteiger partial charge in [-0.05, 0) is 37.1 Å². The van der Waals surface area contributed by atoms with E-state index in [0.717, 1.165) is 11.1 Å². The molecular formula is C15H21NO5. The first-order valence-corrected chi connectivity index (χ1v) is 6.64. The molecule has 1 aromatic carbocycles. The van der Waals surface area contributed by atoms with Crippen molar-refractivity contribution in [2.45, 2.75) is 26.3 Å². The summed E-state index contributed by atoms with van der Waals surface area (Å²) >= 11 is 0. The lowest BCUT2D eigenvalue weighted by Crippen LogP contribution is -2.44. The number of carboxylic acid groups (broad SMARTS) is 1. The third kappa shape index (κ3) is 6.27. The maximum absolute atomic E-state index is 11.6. The number of carbonyl (C=O) groups excluding carboxylic acids is 1. The Bertz CT molecular complexity index is 481. The molecule has 0 heterocycles. The first-order chi connectivity index (χ1) is 9.92. The van der Waals surface area contributed by atoms with Crippen LogP contribution < -0.4 is 10.1 Å². The molecule has 0 saturated carbocycles. The predicted molar refractivity (Wildman–Crippen MR) is 77.5 cm³/mol. The lowest BCUT2D eigenvalue weighted by atomic mass is 10.1. The van der Waals surface area contributed by atoms with Crippen molar-refractivity contribution in [3.05, 3.63) is 29.3 Å². The predicted octanol–water partition coefficient (Wildman–Crippen LogP) is 1.29. The SMILES string of the molecule is COCC(NC(=O)CCOc1cc(C)cc(C)c1)C(=O)O. The van der Waals surface area contributed by atoms with E-state index in [4.69, 9.17) is 14.6 Å². The third-order valence-corrected chi connectivity index (χ3v) is 2.76. The molecule has 0 fully saturated rings. The minimum atomic E-state index is -1.12. The summed E-state index contributed by atoms with van der Waals surface area (Å²) in [5.74, 6) is -0.809. The van der Waals surface area contributed by atoms with Crippen molar-refractivity contribution < 1.29 is 24.2 Å². The highest BCUT2D eigenvalue weighted by atomic mass is 16.5. The van der Waals surface area contributed by atoms with E-state index in [0.29, 0.717) is 5.75 Å². The molecule has 21 heavy (non-hydrogen) atoms. The summed E-state index contributed by atoms with van der Waals surface area (Å²) in [5.41, 5.74) is 2.17. The largest absolute Gasteiger partial charge is 0.493 e. The van der Waals surface area contributed by atoms with Crippen LogP contribution in [0.1, 0.15) is 17.5 Å². The number of carboxylic acids is 1. The van der Waals surface area contributed by atoms with Crippen LogP contribution in [0, 0.1) is 13.8 Å². The van der Waals surface area contributed by atoms with Crippen molar-refractivity contribution in [2.24, 2.45) is 0 Å². The van der Waals surface area contributed by atoms with E-state index < -0.39 is 12.0 Å². The lowest BCUT2D eigenvalue weighted by Gasteiger charge is -2.13. The highest BCUT2D eigenvalue weighted by Crippen LogP contribution is 2.16. The minimum absolute atomic E-state index is 0.0704. The summed E-state index contributed by atoms with van der Waals surface area (Å²) in [7, 11) is 1.38. The van der Waals surface area contributed by atoms with Gasteiger partial charge in [0.2, 0.25) is 5.91 Å². The average Bonchev–Trinajstić information content (AvgIpc) is 2.36. The molecule has 1 atom stereocenters. The number of nitrogens with one attached hydrogen (secondary N) is 1. The van der Waals surface area contributed by atoms with E-state index in [1.54, 1.807) is 0 Å². The normalized spacial score (nSPS) is 11.8. The van der Waals surface area contributed by atoms with Crippen molar-refractivity contribution in [1.82, 2.24) is 5.32 Å². The van der Waals surface area contributed by atoms with Crippen LogP contribution in [0.2, 0.25) is 0 Å². The van der Waals surface area contributed by atoms with Gasteiger partial charge in [0.15, 0.2) is 6.04 Å². The van der Waals surface area contributed by atoms with E-state index in [-0.39, 0.29) is 25.5 Å². The molecule has 1 aromatic rings. The van der Waals surface area contributed by atoms with Crippen LogP contribution in [0.25, 0.3) is 0 Å². The molecule has 0 aliphatic rings. The fraction of sp³-hybridized carbons (Fsp3) is 0.467. The molecule has 0 aliphatic heterocycles. The van der Waals surface area contributed by atoms with Gasteiger partial charge in [-0.25, -0.2) is 4.79 Å². The highest BCUT2D eigenvalue weighted by Gasteiger charge is 2.19. The Morgan fingerprint density at radius 2 is 1.86 bits per heavy atom. The number of hydrogen-bond acceptors (Lipinski definition) is 4. The van der Waals surface area contributed by atoms with Crippen LogP contribution in [-0.4, -0.2) is 43.3 Å². The first-order valence-electron chi connectivity index (χ1n) is 6.64. The summed E-state index contributed by atoms with van der Waals surface area (Å²) < 4.78 is 10.2. The Balaban J connectivity index is 2.40. The molecule has 0 bridgehead atoms. The fourth-order valence-electron chi connectivity index (χ4n) is 1.89. The number of methoxy groups -OCH3 is 1. The molecule has 6 nitrogen and oxygen atoms in total. The van der Waals surface area contributed by atoms with Gasteiger partial charge in [0.1, 0.15) is 5.75 Å². The van der Waals surface area contributed by atoms with Gasteiger partial charge in [0.05, 0.1) is 19.6 Å². The molecular weight excluding hydrogens is 274 g/mol. The van der Waals surface area contributed by atoms with Gasteiger partial charge in [-0.2, -0.15) is 0 Å². The second kappa shape index (κ2) is 8.26. The first kappa shape index (κ1) is 17.0. The van der Waals surface area contributed by atoms with E-state index in [1.165, 1.54) is 7.11 Å².